The van der Waals surface area contributed by atoms with Crippen molar-refractivity contribution < 1.29 is 4.79 Å². The number of fused-ring (bicyclic) bond motifs is 1. The first kappa shape index (κ1) is 8.74. The Morgan fingerprint density at radius 1 is 1.54 bits per heavy atom. The summed E-state index contributed by atoms with van der Waals surface area (Å²) in [5, 5.41) is 0. The molecule has 0 amide bonds. The van der Waals surface area contributed by atoms with Crippen molar-refractivity contribution in [1.82, 2.24) is 0 Å². The van der Waals surface area contributed by atoms with Crippen LogP contribution < -0.4 is 0 Å². The molecule has 0 bridgehead atoms. The molecule has 0 aliphatic heterocycles. The van der Waals surface area contributed by atoms with Crippen molar-refractivity contribution in [2.24, 2.45) is 11.8 Å². The lowest BCUT2D eigenvalue weighted by Gasteiger charge is -2.31. The van der Waals surface area contributed by atoms with Crippen LogP contribution in [0.15, 0.2) is 24.3 Å². The van der Waals surface area contributed by atoms with Crippen LogP contribution in [0.3, 0.4) is 0 Å². The molecule has 0 aromatic carbocycles. The largest absolute Gasteiger partial charge is 0.299 e. The van der Waals surface area contributed by atoms with Crippen molar-refractivity contribution in [2.45, 2.75) is 32.1 Å². The molecule has 0 aromatic rings. The summed E-state index contributed by atoms with van der Waals surface area (Å²) in [6, 6.07) is 0. The van der Waals surface area contributed by atoms with Gasteiger partial charge in [0.05, 0.1) is 0 Å². The van der Waals surface area contributed by atoms with Gasteiger partial charge in [0.2, 0.25) is 0 Å². The van der Waals surface area contributed by atoms with Gasteiger partial charge in [0, 0.05) is 12.8 Å². The summed E-state index contributed by atoms with van der Waals surface area (Å²) in [6.45, 7) is 3.84. The summed E-state index contributed by atoms with van der Waals surface area (Å²) in [4.78, 5) is 11.2. The van der Waals surface area contributed by atoms with Crippen LogP contribution in [0.1, 0.15) is 32.1 Å². The van der Waals surface area contributed by atoms with E-state index in [0.29, 0.717) is 17.6 Å². The summed E-state index contributed by atoms with van der Waals surface area (Å²) >= 11 is 0. The van der Waals surface area contributed by atoms with E-state index in [0.717, 1.165) is 25.7 Å². The Balaban J connectivity index is 2.10. The average molecular weight is 176 g/mol. The number of hydrogen-bond donors (Lipinski definition) is 0. The van der Waals surface area contributed by atoms with Crippen LogP contribution in [0, 0.1) is 11.8 Å². The van der Waals surface area contributed by atoms with Gasteiger partial charge in [0.1, 0.15) is 5.78 Å². The van der Waals surface area contributed by atoms with Crippen LogP contribution >= 0.6 is 0 Å². The minimum absolute atomic E-state index is 0.430. The Labute approximate surface area is 79.5 Å². The highest BCUT2D eigenvalue weighted by Crippen LogP contribution is 2.37. The van der Waals surface area contributed by atoms with Crippen molar-refractivity contribution in [3.63, 3.8) is 0 Å². The third kappa shape index (κ3) is 1.74. The van der Waals surface area contributed by atoms with E-state index in [1.165, 1.54) is 12.0 Å². The standard InChI is InChI=1S/C12H16O/c1-2-9-3-4-11-8-12(13)6-5-10(11)7-9/h2,4,9-10H,1,3,5-8H2/t9-,10-/m1/s1. The molecule has 70 valence electrons. The van der Waals surface area contributed by atoms with Gasteiger partial charge in [-0.3, -0.25) is 4.79 Å². The lowest BCUT2D eigenvalue weighted by Crippen LogP contribution is -2.22. The van der Waals surface area contributed by atoms with Crippen LogP contribution in [-0.2, 0) is 4.79 Å². The summed E-state index contributed by atoms with van der Waals surface area (Å²) in [5.74, 6) is 1.77. The molecule has 2 aliphatic carbocycles. The number of ketones is 1. The number of Topliss-reactive ketones (excluding diaryl/α,β-unsaturated/α-hetero) is 1. The fraction of sp³-hybridized carbons (Fsp3) is 0.583. The summed E-state index contributed by atoms with van der Waals surface area (Å²) in [5.41, 5.74) is 1.41. The van der Waals surface area contributed by atoms with E-state index in [-0.39, 0.29) is 0 Å². The third-order valence-electron chi connectivity index (χ3n) is 3.30. The van der Waals surface area contributed by atoms with E-state index in [9.17, 15) is 4.79 Å². The van der Waals surface area contributed by atoms with Gasteiger partial charge in [-0.05, 0) is 31.1 Å². The number of carbonyl (C=O) groups is 1. The van der Waals surface area contributed by atoms with E-state index < -0.39 is 0 Å². The zero-order valence-corrected chi connectivity index (χ0v) is 7.96. The smallest absolute Gasteiger partial charge is 0.136 e. The molecule has 0 saturated heterocycles. The molecule has 1 nitrogen and oxygen atoms in total. The van der Waals surface area contributed by atoms with E-state index in [2.05, 4.69) is 18.7 Å². The van der Waals surface area contributed by atoms with E-state index in [1.54, 1.807) is 0 Å². The molecule has 0 unspecified atom stereocenters. The number of carbonyl (C=O) groups excluding carboxylic acids is 1. The van der Waals surface area contributed by atoms with Crippen molar-refractivity contribution in [1.29, 1.82) is 0 Å². The van der Waals surface area contributed by atoms with Gasteiger partial charge in [-0.15, -0.1) is 6.58 Å². The van der Waals surface area contributed by atoms with Gasteiger partial charge in [-0.2, -0.15) is 0 Å². The van der Waals surface area contributed by atoms with Gasteiger partial charge in [0.15, 0.2) is 0 Å². The predicted octanol–water partition coefficient (Wildman–Crippen LogP) is 2.88. The second-order valence-corrected chi connectivity index (χ2v) is 4.20. The topological polar surface area (TPSA) is 17.1 Å². The molecule has 2 aliphatic rings. The summed E-state index contributed by atoms with van der Waals surface area (Å²) in [7, 11) is 0. The van der Waals surface area contributed by atoms with E-state index >= 15 is 0 Å². The maximum atomic E-state index is 11.2. The van der Waals surface area contributed by atoms with Crippen molar-refractivity contribution >= 4 is 5.78 Å². The van der Waals surface area contributed by atoms with Crippen molar-refractivity contribution in [2.75, 3.05) is 0 Å². The van der Waals surface area contributed by atoms with Gasteiger partial charge in [0.25, 0.3) is 0 Å². The number of rotatable bonds is 1. The molecular formula is C12H16O. The maximum absolute atomic E-state index is 11.2. The molecule has 0 heterocycles. The molecule has 1 fully saturated rings. The molecular weight excluding hydrogens is 160 g/mol. The maximum Gasteiger partial charge on any atom is 0.136 e. The molecule has 0 aromatic heterocycles. The van der Waals surface area contributed by atoms with Gasteiger partial charge in [-0.1, -0.05) is 17.7 Å². The van der Waals surface area contributed by atoms with Crippen LogP contribution in [0.5, 0.6) is 0 Å². The van der Waals surface area contributed by atoms with Crippen LogP contribution in [0.2, 0.25) is 0 Å². The molecule has 0 N–H and O–H groups in total. The highest BCUT2D eigenvalue weighted by Gasteiger charge is 2.27. The predicted molar refractivity (Wildman–Crippen MR) is 53.4 cm³/mol. The normalized spacial score (nSPS) is 33.5. The third-order valence-corrected chi connectivity index (χ3v) is 3.30. The molecule has 13 heavy (non-hydrogen) atoms. The summed E-state index contributed by atoms with van der Waals surface area (Å²) in [6.07, 6.45) is 9.27. The Morgan fingerprint density at radius 2 is 2.38 bits per heavy atom. The van der Waals surface area contributed by atoms with E-state index in [4.69, 9.17) is 0 Å². The first-order chi connectivity index (χ1) is 6.29. The number of hydrogen-bond acceptors (Lipinski definition) is 1. The van der Waals surface area contributed by atoms with Crippen molar-refractivity contribution in [3.8, 4) is 0 Å². The second-order valence-electron chi connectivity index (χ2n) is 4.20. The molecule has 2 atom stereocenters. The highest BCUT2D eigenvalue weighted by molar-refractivity contribution is 5.82. The molecule has 2 rings (SSSR count). The van der Waals surface area contributed by atoms with Gasteiger partial charge >= 0.3 is 0 Å². The van der Waals surface area contributed by atoms with Crippen molar-refractivity contribution in [3.05, 3.63) is 24.3 Å². The quantitative estimate of drug-likeness (QED) is 0.561. The molecule has 1 saturated carbocycles. The monoisotopic (exact) mass is 176 g/mol. The lowest BCUT2D eigenvalue weighted by atomic mass is 9.73. The Kier molecular flexibility index (Phi) is 2.34. The first-order valence-electron chi connectivity index (χ1n) is 5.12. The zero-order chi connectivity index (χ0) is 9.26. The average Bonchev–Trinajstić information content (AvgIpc) is 2.17. The van der Waals surface area contributed by atoms with E-state index in [1.807, 2.05) is 0 Å². The Hall–Kier alpha value is -0.850. The Bertz CT molecular complexity index is 262. The van der Waals surface area contributed by atoms with Gasteiger partial charge in [-0.25, -0.2) is 0 Å². The molecule has 0 spiro atoms. The SMILES string of the molecule is C=C[C@@H]1CC=C2CC(=O)CC[C@@H]2C1. The minimum Gasteiger partial charge on any atom is -0.299 e. The van der Waals surface area contributed by atoms with Gasteiger partial charge < -0.3 is 0 Å². The number of allylic oxidation sites excluding steroid dienone is 3. The van der Waals surface area contributed by atoms with Crippen LogP contribution in [0.4, 0.5) is 0 Å². The second kappa shape index (κ2) is 3.49. The Morgan fingerprint density at radius 3 is 3.15 bits per heavy atom. The zero-order valence-electron chi connectivity index (χ0n) is 7.96. The molecule has 0 radical (unpaired) electrons. The first-order valence-corrected chi connectivity index (χ1v) is 5.12. The molecule has 1 heteroatoms. The summed E-state index contributed by atoms with van der Waals surface area (Å²) < 4.78 is 0. The highest BCUT2D eigenvalue weighted by atomic mass is 16.1. The van der Waals surface area contributed by atoms with Crippen LogP contribution in [-0.4, -0.2) is 5.78 Å². The minimum atomic E-state index is 0.430. The van der Waals surface area contributed by atoms with Crippen LogP contribution in [0.25, 0.3) is 0 Å². The lowest BCUT2D eigenvalue weighted by molar-refractivity contribution is -0.119. The fourth-order valence-corrected chi connectivity index (χ4v) is 2.45. The fourth-order valence-electron chi connectivity index (χ4n) is 2.45.